The summed E-state index contributed by atoms with van der Waals surface area (Å²) in [6.45, 7) is 11.3. The minimum atomic E-state index is 0.0649. The van der Waals surface area contributed by atoms with Crippen molar-refractivity contribution in [3.63, 3.8) is 0 Å². The van der Waals surface area contributed by atoms with Crippen LogP contribution in [-0.2, 0) is 0 Å². The molecule has 2 rings (SSSR count). The van der Waals surface area contributed by atoms with Gasteiger partial charge in [0.25, 0.3) is 0 Å². The van der Waals surface area contributed by atoms with E-state index in [9.17, 15) is 0 Å². The molecule has 2 unspecified atom stereocenters. The Balaban J connectivity index is 2.35. The van der Waals surface area contributed by atoms with Gasteiger partial charge in [-0.05, 0) is 58.7 Å². The van der Waals surface area contributed by atoms with Crippen molar-refractivity contribution in [2.45, 2.75) is 65.0 Å². The Morgan fingerprint density at radius 2 is 1.71 bits per heavy atom. The van der Waals surface area contributed by atoms with E-state index in [1.54, 1.807) is 0 Å². The van der Waals surface area contributed by atoms with Gasteiger partial charge in [-0.2, -0.15) is 0 Å². The van der Waals surface area contributed by atoms with Crippen molar-refractivity contribution in [2.24, 2.45) is 5.84 Å². The molecule has 3 heteroatoms. The average molecular weight is 289 g/mol. The van der Waals surface area contributed by atoms with E-state index in [0.717, 1.165) is 6.42 Å². The number of hydrogen-bond donors (Lipinski definition) is 2. The predicted molar refractivity (Wildman–Crippen MR) is 90.1 cm³/mol. The molecule has 0 aromatic heterocycles. The van der Waals surface area contributed by atoms with Crippen LogP contribution in [0.1, 0.15) is 62.3 Å². The molecule has 0 aliphatic carbocycles. The van der Waals surface area contributed by atoms with E-state index in [-0.39, 0.29) is 11.6 Å². The SMILES string of the molecule is CCC(C)(C(NN)c1cc(C)cc(C)c1)N1CCCCC1. The van der Waals surface area contributed by atoms with Crippen molar-refractivity contribution < 1.29 is 0 Å². The molecule has 0 spiro atoms. The highest BCUT2D eigenvalue weighted by Crippen LogP contribution is 2.36. The van der Waals surface area contributed by atoms with Crippen LogP contribution in [0.25, 0.3) is 0 Å². The maximum Gasteiger partial charge on any atom is 0.0641 e. The van der Waals surface area contributed by atoms with Crippen molar-refractivity contribution in [3.8, 4) is 0 Å². The molecule has 1 aliphatic heterocycles. The lowest BCUT2D eigenvalue weighted by Gasteiger charge is -2.48. The highest BCUT2D eigenvalue weighted by atomic mass is 15.3. The molecule has 0 amide bonds. The fraction of sp³-hybridized carbons (Fsp3) is 0.667. The van der Waals surface area contributed by atoms with Crippen molar-refractivity contribution in [1.82, 2.24) is 10.3 Å². The molecule has 1 heterocycles. The quantitative estimate of drug-likeness (QED) is 0.644. The van der Waals surface area contributed by atoms with E-state index in [1.807, 2.05) is 0 Å². The van der Waals surface area contributed by atoms with Gasteiger partial charge in [-0.15, -0.1) is 0 Å². The van der Waals surface area contributed by atoms with Gasteiger partial charge in [0.15, 0.2) is 0 Å². The summed E-state index contributed by atoms with van der Waals surface area (Å²) in [6, 6.07) is 6.94. The van der Waals surface area contributed by atoms with E-state index < -0.39 is 0 Å². The van der Waals surface area contributed by atoms with Gasteiger partial charge in [-0.1, -0.05) is 42.7 Å². The zero-order valence-corrected chi connectivity index (χ0v) is 14.1. The molecule has 118 valence electrons. The fourth-order valence-electron chi connectivity index (χ4n) is 3.83. The number of hydrogen-bond acceptors (Lipinski definition) is 3. The zero-order valence-electron chi connectivity index (χ0n) is 14.1. The number of piperidine rings is 1. The largest absolute Gasteiger partial charge is 0.296 e. The molecule has 0 bridgehead atoms. The topological polar surface area (TPSA) is 41.3 Å². The molecule has 2 atom stereocenters. The molecule has 1 aromatic rings. The third-order valence-corrected chi connectivity index (χ3v) is 5.16. The monoisotopic (exact) mass is 289 g/mol. The summed E-state index contributed by atoms with van der Waals surface area (Å²) in [5.74, 6) is 6.00. The second kappa shape index (κ2) is 6.91. The first-order chi connectivity index (χ1) is 10.0. The van der Waals surface area contributed by atoms with Crippen LogP contribution >= 0.6 is 0 Å². The molecule has 1 saturated heterocycles. The second-order valence-electron chi connectivity index (χ2n) is 6.78. The highest BCUT2D eigenvalue weighted by Gasteiger charge is 2.39. The van der Waals surface area contributed by atoms with Crippen LogP contribution in [0.15, 0.2) is 18.2 Å². The molecule has 3 N–H and O–H groups in total. The molecule has 1 aromatic carbocycles. The van der Waals surface area contributed by atoms with Gasteiger partial charge in [0.2, 0.25) is 0 Å². The van der Waals surface area contributed by atoms with Gasteiger partial charge in [0, 0.05) is 5.54 Å². The smallest absolute Gasteiger partial charge is 0.0641 e. The Labute approximate surface area is 129 Å². The number of hydrazine groups is 1. The van der Waals surface area contributed by atoms with E-state index in [0.29, 0.717) is 0 Å². The lowest BCUT2D eigenvalue weighted by atomic mass is 9.81. The average Bonchev–Trinajstić information content (AvgIpc) is 2.47. The third-order valence-electron chi connectivity index (χ3n) is 5.16. The number of nitrogens with two attached hydrogens (primary N) is 1. The summed E-state index contributed by atoms with van der Waals surface area (Å²) in [7, 11) is 0. The van der Waals surface area contributed by atoms with Crippen molar-refractivity contribution in [1.29, 1.82) is 0 Å². The van der Waals surface area contributed by atoms with Crippen LogP contribution in [0.2, 0.25) is 0 Å². The van der Waals surface area contributed by atoms with Gasteiger partial charge in [0.05, 0.1) is 6.04 Å². The number of aryl methyl sites for hydroxylation is 2. The van der Waals surface area contributed by atoms with Crippen LogP contribution in [-0.4, -0.2) is 23.5 Å². The first-order valence-corrected chi connectivity index (χ1v) is 8.30. The Kier molecular flexibility index (Phi) is 5.42. The van der Waals surface area contributed by atoms with E-state index in [1.165, 1.54) is 49.0 Å². The van der Waals surface area contributed by atoms with Crippen molar-refractivity contribution >= 4 is 0 Å². The Morgan fingerprint density at radius 3 is 2.19 bits per heavy atom. The first-order valence-electron chi connectivity index (χ1n) is 8.30. The summed E-state index contributed by atoms with van der Waals surface area (Å²) in [6.07, 6.45) is 5.06. The predicted octanol–water partition coefficient (Wildman–Crippen LogP) is 3.46. The minimum absolute atomic E-state index is 0.0649. The summed E-state index contributed by atoms with van der Waals surface area (Å²) in [4.78, 5) is 2.64. The number of nitrogens with one attached hydrogen (secondary N) is 1. The minimum Gasteiger partial charge on any atom is -0.296 e. The van der Waals surface area contributed by atoms with E-state index in [2.05, 4.69) is 56.2 Å². The number of benzene rings is 1. The van der Waals surface area contributed by atoms with E-state index >= 15 is 0 Å². The standard InChI is InChI=1S/C18H31N3/c1-5-18(4,21-9-7-6-8-10-21)17(20-19)16-12-14(2)11-15(3)13-16/h11-13,17,20H,5-10,19H2,1-4H3. The highest BCUT2D eigenvalue weighted by molar-refractivity contribution is 5.32. The fourth-order valence-corrected chi connectivity index (χ4v) is 3.83. The van der Waals surface area contributed by atoms with Crippen LogP contribution in [0.3, 0.4) is 0 Å². The first kappa shape index (κ1) is 16.5. The number of nitrogens with zero attached hydrogens (tertiary/aromatic N) is 1. The van der Waals surface area contributed by atoms with Crippen LogP contribution in [0, 0.1) is 13.8 Å². The number of rotatable bonds is 5. The molecule has 1 aliphatic rings. The maximum absolute atomic E-state index is 6.00. The van der Waals surface area contributed by atoms with Crippen molar-refractivity contribution in [2.75, 3.05) is 13.1 Å². The molecular weight excluding hydrogens is 258 g/mol. The molecular formula is C18H31N3. The third kappa shape index (κ3) is 3.47. The maximum atomic E-state index is 6.00. The van der Waals surface area contributed by atoms with E-state index in [4.69, 9.17) is 5.84 Å². The van der Waals surface area contributed by atoms with Gasteiger partial charge in [0.1, 0.15) is 0 Å². The van der Waals surface area contributed by atoms with Crippen LogP contribution in [0.5, 0.6) is 0 Å². The lowest BCUT2D eigenvalue weighted by molar-refractivity contribution is 0.0424. The molecule has 3 nitrogen and oxygen atoms in total. The summed E-state index contributed by atoms with van der Waals surface area (Å²) >= 11 is 0. The second-order valence-corrected chi connectivity index (χ2v) is 6.78. The summed E-state index contributed by atoms with van der Waals surface area (Å²) in [5.41, 5.74) is 7.11. The lowest BCUT2D eigenvalue weighted by Crippen LogP contribution is -2.57. The zero-order chi connectivity index (χ0) is 15.5. The van der Waals surface area contributed by atoms with Crippen LogP contribution in [0.4, 0.5) is 0 Å². The number of likely N-dealkylation sites (tertiary alicyclic amines) is 1. The molecule has 21 heavy (non-hydrogen) atoms. The van der Waals surface area contributed by atoms with Gasteiger partial charge >= 0.3 is 0 Å². The molecule has 0 saturated carbocycles. The normalized spacial score (nSPS) is 21.0. The Hall–Kier alpha value is -0.900. The van der Waals surface area contributed by atoms with Crippen LogP contribution < -0.4 is 11.3 Å². The molecule has 0 radical (unpaired) electrons. The van der Waals surface area contributed by atoms with Crippen molar-refractivity contribution in [3.05, 3.63) is 34.9 Å². The van der Waals surface area contributed by atoms with Gasteiger partial charge in [-0.25, -0.2) is 0 Å². The van der Waals surface area contributed by atoms with Gasteiger partial charge in [-0.3, -0.25) is 16.2 Å². The Morgan fingerprint density at radius 1 is 1.14 bits per heavy atom. The molecule has 1 fully saturated rings. The Bertz CT molecular complexity index is 445. The van der Waals surface area contributed by atoms with Gasteiger partial charge < -0.3 is 0 Å². The summed E-state index contributed by atoms with van der Waals surface area (Å²) < 4.78 is 0. The summed E-state index contributed by atoms with van der Waals surface area (Å²) in [5, 5.41) is 0.